The molecule has 0 amide bonds. The fourth-order valence-electron chi connectivity index (χ4n) is 4.23. The first-order valence-corrected chi connectivity index (χ1v) is 9.98. The van der Waals surface area contributed by atoms with E-state index < -0.39 is 10.0 Å². The lowest BCUT2D eigenvalue weighted by Crippen LogP contribution is -2.47. The van der Waals surface area contributed by atoms with Crippen molar-refractivity contribution in [1.82, 2.24) is 4.31 Å². The van der Waals surface area contributed by atoms with Crippen LogP contribution in [0.1, 0.15) is 51.4 Å². The molecular weight excluding hydrogens is 290 g/mol. The molecule has 6 heteroatoms. The third kappa shape index (κ3) is 3.44. The van der Waals surface area contributed by atoms with Crippen molar-refractivity contribution < 1.29 is 18.3 Å². The quantitative estimate of drug-likeness (QED) is 0.853. The van der Waals surface area contributed by atoms with Crippen LogP contribution in [0.25, 0.3) is 0 Å². The van der Waals surface area contributed by atoms with Crippen molar-refractivity contribution in [3.05, 3.63) is 0 Å². The van der Waals surface area contributed by atoms with Crippen LogP contribution < -0.4 is 0 Å². The zero-order valence-corrected chi connectivity index (χ0v) is 13.4. The van der Waals surface area contributed by atoms with Gasteiger partial charge in [-0.1, -0.05) is 12.8 Å². The largest absolute Gasteiger partial charge is 0.393 e. The molecule has 1 saturated carbocycles. The highest BCUT2D eigenvalue weighted by atomic mass is 32.2. The Hall–Kier alpha value is -0.170. The van der Waals surface area contributed by atoms with Gasteiger partial charge in [0.25, 0.3) is 0 Å². The minimum atomic E-state index is -3.27. The second-order valence-electron chi connectivity index (χ2n) is 6.75. The number of hydrogen-bond acceptors (Lipinski definition) is 4. The van der Waals surface area contributed by atoms with Crippen LogP contribution in [-0.2, 0) is 14.8 Å². The summed E-state index contributed by atoms with van der Waals surface area (Å²) >= 11 is 0. The van der Waals surface area contributed by atoms with E-state index in [1.165, 1.54) is 0 Å². The zero-order chi connectivity index (χ0) is 14.9. The van der Waals surface area contributed by atoms with Gasteiger partial charge in [-0.2, -0.15) is 4.31 Å². The summed E-state index contributed by atoms with van der Waals surface area (Å²) in [6.45, 7) is 1.30. The molecule has 3 aliphatic rings. The van der Waals surface area contributed by atoms with E-state index in [0.717, 1.165) is 51.4 Å². The van der Waals surface area contributed by atoms with E-state index >= 15 is 0 Å². The molecule has 1 aliphatic carbocycles. The van der Waals surface area contributed by atoms with E-state index in [1.807, 2.05) is 0 Å². The molecule has 1 N–H and O–H groups in total. The monoisotopic (exact) mass is 317 g/mol. The van der Waals surface area contributed by atoms with Crippen LogP contribution in [0.15, 0.2) is 0 Å². The number of sulfonamides is 1. The van der Waals surface area contributed by atoms with Gasteiger partial charge in [-0.3, -0.25) is 0 Å². The Labute approximate surface area is 127 Å². The Morgan fingerprint density at radius 2 is 1.86 bits per heavy atom. The lowest BCUT2D eigenvalue weighted by atomic mass is 9.81. The molecule has 0 spiro atoms. The maximum absolute atomic E-state index is 12.7. The number of hydrogen-bond donors (Lipinski definition) is 1. The summed E-state index contributed by atoms with van der Waals surface area (Å²) < 4.78 is 32.6. The van der Waals surface area contributed by atoms with Gasteiger partial charge < -0.3 is 9.84 Å². The molecule has 3 fully saturated rings. The highest BCUT2D eigenvalue weighted by Crippen LogP contribution is 2.36. The van der Waals surface area contributed by atoms with Gasteiger partial charge in [-0.15, -0.1) is 0 Å². The minimum Gasteiger partial charge on any atom is -0.393 e. The lowest BCUT2D eigenvalue weighted by Gasteiger charge is -2.36. The number of aliphatic hydroxyl groups is 1. The van der Waals surface area contributed by atoms with E-state index in [1.54, 1.807) is 4.31 Å². The summed E-state index contributed by atoms with van der Waals surface area (Å²) in [5, 5.41) is 10.3. The smallest absolute Gasteiger partial charge is 0.216 e. The van der Waals surface area contributed by atoms with Gasteiger partial charge in [0.1, 0.15) is 0 Å². The predicted octanol–water partition coefficient (Wildman–Crippen LogP) is 1.51. The molecule has 5 nitrogen and oxygen atoms in total. The van der Waals surface area contributed by atoms with Crippen LogP contribution in [0.2, 0.25) is 0 Å². The van der Waals surface area contributed by atoms with Crippen LogP contribution in [0.4, 0.5) is 0 Å². The fourth-order valence-corrected chi connectivity index (χ4v) is 6.24. The van der Waals surface area contributed by atoms with Gasteiger partial charge in [-0.05, 0) is 38.5 Å². The topological polar surface area (TPSA) is 66.8 Å². The van der Waals surface area contributed by atoms with Crippen molar-refractivity contribution in [2.75, 3.05) is 18.9 Å². The number of ether oxygens (including phenoxy) is 1. The summed E-state index contributed by atoms with van der Waals surface area (Å²) in [5.41, 5.74) is 0. The Morgan fingerprint density at radius 1 is 1.05 bits per heavy atom. The van der Waals surface area contributed by atoms with Crippen molar-refractivity contribution in [1.29, 1.82) is 0 Å². The van der Waals surface area contributed by atoms with Crippen molar-refractivity contribution >= 4 is 10.0 Å². The molecule has 21 heavy (non-hydrogen) atoms. The molecule has 2 heterocycles. The first-order valence-electron chi connectivity index (χ1n) is 8.37. The maximum Gasteiger partial charge on any atom is 0.216 e. The molecule has 2 saturated heterocycles. The standard InChI is InChI=1S/C15H27NO4S/c17-15-8-2-1-6-13(15)14-7-3-9-16(14)21(18,19)11-12-5-4-10-20-12/h12-15,17H,1-11H2. The van der Waals surface area contributed by atoms with E-state index in [0.29, 0.717) is 13.2 Å². The third-order valence-electron chi connectivity index (χ3n) is 5.30. The second-order valence-corrected chi connectivity index (χ2v) is 8.72. The molecule has 0 aromatic rings. The normalized spacial score (nSPS) is 38.9. The molecule has 4 unspecified atom stereocenters. The van der Waals surface area contributed by atoms with Crippen molar-refractivity contribution in [3.8, 4) is 0 Å². The van der Waals surface area contributed by atoms with Gasteiger partial charge in [-0.25, -0.2) is 8.42 Å². The number of rotatable bonds is 4. The minimum absolute atomic E-state index is 0.00621. The summed E-state index contributed by atoms with van der Waals surface area (Å²) in [6, 6.07) is 0.00621. The van der Waals surface area contributed by atoms with Crippen LogP contribution in [0.3, 0.4) is 0 Å². The molecule has 122 valence electrons. The van der Waals surface area contributed by atoms with Crippen LogP contribution in [-0.4, -0.2) is 55.0 Å². The van der Waals surface area contributed by atoms with Crippen LogP contribution in [0.5, 0.6) is 0 Å². The Kier molecular flexibility index (Phi) is 4.88. The van der Waals surface area contributed by atoms with Gasteiger partial charge in [0.15, 0.2) is 0 Å². The zero-order valence-electron chi connectivity index (χ0n) is 12.6. The van der Waals surface area contributed by atoms with Gasteiger partial charge >= 0.3 is 0 Å². The molecule has 0 bridgehead atoms. The summed E-state index contributed by atoms with van der Waals surface area (Å²) in [6.07, 6.45) is 7.11. The molecular formula is C15H27NO4S. The predicted molar refractivity (Wildman–Crippen MR) is 80.5 cm³/mol. The average Bonchev–Trinajstić information content (AvgIpc) is 3.09. The molecule has 0 aromatic carbocycles. The molecule has 0 radical (unpaired) electrons. The highest BCUT2D eigenvalue weighted by Gasteiger charge is 2.42. The lowest BCUT2D eigenvalue weighted by molar-refractivity contribution is 0.0383. The molecule has 4 atom stereocenters. The van der Waals surface area contributed by atoms with Gasteiger partial charge in [0.05, 0.1) is 18.0 Å². The molecule has 0 aromatic heterocycles. The second kappa shape index (κ2) is 6.52. The first kappa shape index (κ1) is 15.7. The van der Waals surface area contributed by atoms with Crippen LogP contribution >= 0.6 is 0 Å². The van der Waals surface area contributed by atoms with E-state index in [9.17, 15) is 13.5 Å². The van der Waals surface area contributed by atoms with Crippen molar-refractivity contribution in [2.24, 2.45) is 5.92 Å². The van der Waals surface area contributed by atoms with Crippen molar-refractivity contribution in [3.63, 3.8) is 0 Å². The Morgan fingerprint density at radius 3 is 2.57 bits per heavy atom. The van der Waals surface area contributed by atoms with Crippen LogP contribution in [0, 0.1) is 5.92 Å². The maximum atomic E-state index is 12.7. The number of aliphatic hydroxyl groups excluding tert-OH is 1. The average molecular weight is 317 g/mol. The Bertz CT molecular complexity index is 447. The van der Waals surface area contributed by atoms with Crippen molar-refractivity contribution in [2.45, 2.75) is 69.6 Å². The molecule has 2 aliphatic heterocycles. The summed E-state index contributed by atoms with van der Waals surface area (Å²) in [7, 11) is -3.27. The SMILES string of the molecule is O=S(=O)(CC1CCCO1)N1CCCC1C1CCCCC1O. The van der Waals surface area contributed by atoms with E-state index in [4.69, 9.17) is 4.74 Å². The highest BCUT2D eigenvalue weighted by molar-refractivity contribution is 7.89. The molecule has 3 rings (SSSR count). The summed E-state index contributed by atoms with van der Waals surface area (Å²) in [4.78, 5) is 0. The summed E-state index contributed by atoms with van der Waals surface area (Å²) in [5.74, 6) is 0.243. The fraction of sp³-hybridized carbons (Fsp3) is 1.00. The number of nitrogens with zero attached hydrogens (tertiary/aromatic N) is 1. The third-order valence-corrected chi connectivity index (χ3v) is 7.26. The van der Waals surface area contributed by atoms with E-state index in [-0.39, 0.29) is 29.9 Å². The van der Waals surface area contributed by atoms with E-state index in [2.05, 4.69) is 0 Å². The van der Waals surface area contributed by atoms with Gasteiger partial charge in [0, 0.05) is 25.1 Å². The Balaban J connectivity index is 1.70. The first-order chi connectivity index (χ1) is 10.1. The van der Waals surface area contributed by atoms with Gasteiger partial charge in [0.2, 0.25) is 10.0 Å².